The van der Waals surface area contributed by atoms with E-state index in [2.05, 4.69) is 10.3 Å². The van der Waals surface area contributed by atoms with Crippen molar-refractivity contribution in [3.05, 3.63) is 42.4 Å². The number of amides is 3. The van der Waals surface area contributed by atoms with Crippen molar-refractivity contribution in [3.63, 3.8) is 0 Å². The number of urea groups is 1. The van der Waals surface area contributed by atoms with Crippen molar-refractivity contribution >= 4 is 11.9 Å². The topological polar surface area (TPSA) is 75.4 Å². The maximum absolute atomic E-state index is 13.0. The Hall–Kier alpha value is -2.63. The summed E-state index contributed by atoms with van der Waals surface area (Å²) in [6.07, 6.45) is 5.35. The van der Waals surface area contributed by atoms with Crippen molar-refractivity contribution in [3.8, 4) is 11.3 Å². The molecule has 2 fully saturated rings. The van der Waals surface area contributed by atoms with Gasteiger partial charge in [0.05, 0.1) is 6.20 Å². The Morgan fingerprint density at radius 1 is 1.28 bits per heavy atom. The first-order valence-corrected chi connectivity index (χ1v) is 8.74. The molecule has 1 N–H and O–H groups in total. The van der Waals surface area contributed by atoms with Crippen molar-refractivity contribution in [1.29, 1.82) is 0 Å². The van der Waals surface area contributed by atoms with Crippen molar-refractivity contribution in [2.75, 3.05) is 0 Å². The SMILES string of the molecule is C[C@H]1CCCC[C@@]12NC(=O)N(Cc1ncc(-c3ccccc3)o1)C2=O. The molecule has 1 aromatic heterocycles. The van der Waals surface area contributed by atoms with Crippen molar-refractivity contribution < 1.29 is 14.0 Å². The maximum atomic E-state index is 13.0. The molecule has 1 aliphatic heterocycles. The third-order valence-electron chi connectivity index (χ3n) is 5.41. The fourth-order valence-electron chi connectivity index (χ4n) is 3.89. The van der Waals surface area contributed by atoms with E-state index in [0.717, 1.165) is 24.8 Å². The molecule has 2 aromatic rings. The van der Waals surface area contributed by atoms with Gasteiger partial charge in [0, 0.05) is 5.56 Å². The summed E-state index contributed by atoms with van der Waals surface area (Å²) in [6.45, 7) is 2.10. The number of hydrogen-bond donors (Lipinski definition) is 1. The van der Waals surface area contributed by atoms with Gasteiger partial charge in [-0.3, -0.25) is 9.69 Å². The average molecular weight is 339 g/mol. The Morgan fingerprint density at radius 3 is 2.84 bits per heavy atom. The van der Waals surface area contributed by atoms with E-state index in [1.54, 1.807) is 6.20 Å². The molecule has 1 aromatic carbocycles. The molecule has 1 saturated heterocycles. The van der Waals surface area contributed by atoms with Crippen LogP contribution in [0.1, 0.15) is 38.5 Å². The first-order valence-electron chi connectivity index (χ1n) is 8.74. The van der Waals surface area contributed by atoms with Gasteiger partial charge in [-0.2, -0.15) is 0 Å². The lowest BCUT2D eigenvalue weighted by molar-refractivity contribution is -0.134. The molecule has 6 heteroatoms. The molecular formula is C19H21N3O3. The Labute approximate surface area is 146 Å². The van der Waals surface area contributed by atoms with E-state index in [1.165, 1.54) is 4.90 Å². The zero-order valence-electron chi connectivity index (χ0n) is 14.2. The lowest BCUT2D eigenvalue weighted by atomic mass is 9.73. The zero-order chi connectivity index (χ0) is 17.4. The zero-order valence-corrected chi connectivity index (χ0v) is 14.2. The summed E-state index contributed by atoms with van der Waals surface area (Å²) >= 11 is 0. The largest absolute Gasteiger partial charge is 0.439 e. The van der Waals surface area contributed by atoms with Crippen molar-refractivity contribution in [1.82, 2.24) is 15.2 Å². The quantitative estimate of drug-likeness (QED) is 0.870. The molecule has 1 spiro atoms. The third-order valence-corrected chi connectivity index (χ3v) is 5.41. The van der Waals surface area contributed by atoms with E-state index in [-0.39, 0.29) is 24.4 Å². The summed E-state index contributed by atoms with van der Waals surface area (Å²) in [5.41, 5.74) is 0.167. The predicted octanol–water partition coefficient (Wildman–Crippen LogP) is 3.34. The lowest BCUT2D eigenvalue weighted by Gasteiger charge is -2.36. The van der Waals surface area contributed by atoms with Crippen LogP contribution in [0.2, 0.25) is 0 Å². The molecule has 2 atom stereocenters. The second kappa shape index (κ2) is 6.02. The number of nitrogens with one attached hydrogen (secondary N) is 1. The average Bonchev–Trinajstić information content (AvgIpc) is 3.18. The molecule has 2 aliphatic rings. The standard InChI is InChI=1S/C19H21N3O3/c1-13-7-5-6-10-19(13)17(23)22(18(24)21-19)12-16-20-11-15(25-16)14-8-3-2-4-9-14/h2-4,8-9,11,13H,5-7,10,12H2,1H3,(H,21,24)/t13-,19+/m0/s1. The lowest BCUT2D eigenvalue weighted by Crippen LogP contribution is -2.53. The molecule has 6 nitrogen and oxygen atoms in total. The van der Waals surface area contributed by atoms with Crippen molar-refractivity contribution in [2.24, 2.45) is 5.92 Å². The number of nitrogens with zero attached hydrogens (tertiary/aromatic N) is 2. The highest BCUT2D eigenvalue weighted by molar-refractivity contribution is 6.07. The van der Waals surface area contributed by atoms with Crippen LogP contribution in [-0.2, 0) is 11.3 Å². The molecule has 1 aliphatic carbocycles. The highest BCUT2D eigenvalue weighted by Gasteiger charge is 2.55. The van der Waals surface area contributed by atoms with Crippen LogP contribution in [0.4, 0.5) is 4.79 Å². The van der Waals surface area contributed by atoms with Gasteiger partial charge in [-0.25, -0.2) is 9.78 Å². The number of carbonyl (C=O) groups excluding carboxylic acids is 2. The minimum absolute atomic E-state index is 0.0615. The molecule has 130 valence electrons. The number of hydrogen-bond acceptors (Lipinski definition) is 4. The minimum Gasteiger partial charge on any atom is -0.439 e. The molecule has 2 heterocycles. The van der Waals surface area contributed by atoms with Crippen LogP contribution >= 0.6 is 0 Å². The van der Waals surface area contributed by atoms with Crippen LogP contribution < -0.4 is 5.32 Å². The Balaban J connectivity index is 1.54. The van der Waals surface area contributed by atoms with Crippen LogP contribution in [0.3, 0.4) is 0 Å². The van der Waals surface area contributed by atoms with E-state index >= 15 is 0 Å². The highest BCUT2D eigenvalue weighted by atomic mass is 16.4. The van der Waals surface area contributed by atoms with Gasteiger partial charge in [0.1, 0.15) is 12.1 Å². The first-order chi connectivity index (χ1) is 12.1. The summed E-state index contributed by atoms with van der Waals surface area (Å²) in [5.74, 6) is 0.988. The molecule has 25 heavy (non-hydrogen) atoms. The number of benzene rings is 1. The highest BCUT2D eigenvalue weighted by Crippen LogP contribution is 2.38. The van der Waals surface area contributed by atoms with Crippen LogP contribution in [0, 0.1) is 5.92 Å². The van der Waals surface area contributed by atoms with Crippen LogP contribution in [0.25, 0.3) is 11.3 Å². The van der Waals surface area contributed by atoms with Gasteiger partial charge in [0.15, 0.2) is 5.76 Å². The van der Waals surface area contributed by atoms with Gasteiger partial charge in [-0.15, -0.1) is 0 Å². The Kier molecular flexibility index (Phi) is 3.82. The third kappa shape index (κ3) is 2.62. The van der Waals surface area contributed by atoms with Gasteiger partial charge in [0.2, 0.25) is 5.89 Å². The maximum Gasteiger partial charge on any atom is 0.325 e. The van der Waals surface area contributed by atoms with E-state index in [1.807, 2.05) is 37.3 Å². The second-order valence-electron chi connectivity index (χ2n) is 6.92. The fraction of sp³-hybridized carbons (Fsp3) is 0.421. The summed E-state index contributed by atoms with van der Waals surface area (Å²) in [6, 6.07) is 9.27. The van der Waals surface area contributed by atoms with Crippen LogP contribution in [0.5, 0.6) is 0 Å². The normalized spacial score (nSPS) is 26.3. The number of rotatable bonds is 3. The summed E-state index contributed by atoms with van der Waals surface area (Å²) in [7, 11) is 0. The van der Waals surface area contributed by atoms with Gasteiger partial charge >= 0.3 is 6.03 Å². The first kappa shape index (κ1) is 15.9. The van der Waals surface area contributed by atoms with Gasteiger partial charge < -0.3 is 9.73 Å². The molecule has 0 unspecified atom stereocenters. The molecule has 4 rings (SSSR count). The van der Waals surface area contributed by atoms with Gasteiger partial charge in [0.25, 0.3) is 5.91 Å². The summed E-state index contributed by atoms with van der Waals surface area (Å²) in [4.78, 5) is 30.8. The minimum atomic E-state index is -0.746. The van der Waals surface area contributed by atoms with Gasteiger partial charge in [-0.1, -0.05) is 50.1 Å². The van der Waals surface area contributed by atoms with E-state index in [0.29, 0.717) is 18.1 Å². The van der Waals surface area contributed by atoms with Crippen LogP contribution in [0.15, 0.2) is 40.9 Å². The molecule has 0 radical (unpaired) electrons. The van der Waals surface area contributed by atoms with Crippen molar-refractivity contribution in [2.45, 2.75) is 44.7 Å². The number of oxazole rings is 1. The van der Waals surface area contributed by atoms with E-state index in [9.17, 15) is 9.59 Å². The molecule has 3 amide bonds. The monoisotopic (exact) mass is 339 g/mol. The number of carbonyl (C=O) groups is 2. The number of imide groups is 1. The Morgan fingerprint density at radius 2 is 2.08 bits per heavy atom. The second-order valence-corrected chi connectivity index (χ2v) is 6.92. The number of aromatic nitrogens is 1. The molecular weight excluding hydrogens is 318 g/mol. The van der Waals surface area contributed by atoms with E-state index < -0.39 is 5.54 Å². The predicted molar refractivity (Wildman–Crippen MR) is 91.4 cm³/mol. The Bertz CT molecular complexity index is 801. The smallest absolute Gasteiger partial charge is 0.325 e. The summed E-state index contributed by atoms with van der Waals surface area (Å²) in [5, 5.41) is 2.95. The molecule has 0 bridgehead atoms. The van der Waals surface area contributed by atoms with Gasteiger partial charge in [-0.05, 0) is 18.8 Å². The fourth-order valence-corrected chi connectivity index (χ4v) is 3.89. The van der Waals surface area contributed by atoms with E-state index in [4.69, 9.17) is 4.42 Å². The van der Waals surface area contributed by atoms with Crippen LogP contribution in [-0.4, -0.2) is 27.4 Å². The summed E-state index contributed by atoms with van der Waals surface area (Å²) < 4.78 is 5.75. The molecule has 1 saturated carbocycles.